The van der Waals surface area contributed by atoms with Crippen molar-refractivity contribution in [2.24, 2.45) is 4.99 Å². The van der Waals surface area contributed by atoms with E-state index in [1.165, 1.54) is 33.3 Å². The number of benzene rings is 2. The lowest BCUT2D eigenvalue weighted by atomic mass is 10.1. The molecule has 8 heteroatoms. The average Bonchev–Trinajstić information content (AvgIpc) is 3.11. The van der Waals surface area contributed by atoms with Crippen LogP contribution >= 0.6 is 11.3 Å². The standard InChI is InChI=1S/C24H31N3O3S2/c1-6-9-14-26(7-2)32(29,30)20-12-10-19(11-13-20)23(28)25-24-27(8-3)22-18(5)15-17(4)16-21(22)31-24/h10-13,15-16H,6-9,14H2,1-5H3. The largest absolute Gasteiger partial charge is 0.316 e. The SMILES string of the molecule is CCCCN(CC)S(=O)(=O)c1ccc(C(=O)N=c2sc3cc(C)cc(C)c3n2CC)cc1. The van der Waals surface area contributed by atoms with Crippen molar-refractivity contribution < 1.29 is 13.2 Å². The molecule has 0 radical (unpaired) electrons. The Hall–Kier alpha value is -2.29. The van der Waals surface area contributed by atoms with Gasteiger partial charge in [0.1, 0.15) is 0 Å². The summed E-state index contributed by atoms with van der Waals surface area (Å²) in [5.41, 5.74) is 3.80. The predicted molar refractivity (Wildman–Crippen MR) is 131 cm³/mol. The van der Waals surface area contributed by atoms with Crippen LogP contribution in [0.2, 0.25) is 0 Å². The molecule has 0 atom stereocenters. The van der Waals surface area contributed by atoms with E-state index in [-0.39, 0.29) is 10.8 Å². The number of aryl methyl sites for hydroxylation is 3. The van der Waals surface area contributed by atoms with Crippen molar-refractivity contribution in [1.29, 1.82) is 0 Å². The second-order valence-corrected chi connectivity index (χ2v) is 10.8. The first-order valence-electron chi connectivity index (χ1n) is 11.0. The molecule has 0 saturated heterocycles. The van der Waals surface area contributed by atoms with Crippen LogP contribution in [0.4, 0.5) is 0 Å². The Balaban J connectivity index is 1.95. The molecule has 0 fully saturated rings. The fraction of sp³-hybridized carbons (Fsp3) is 0.417. The number of hydrogen-bond donors (Lipinski definition) is 0. The molecule has 0 aliphatic rings. The summed E-state index contributed by atoms with van der Waals surface area (Å²) in [6.45, 7) is 11.6. The maximum absolute atomic E-state index is 12.9. The number of sulfonamides is 1. The molecule has 32 heavy (non-hydrogen) atoms. The number of amides is 1. The molecule has 0 aliphatic heterocycles. The molecular weight excluding hydrogens is 442 g/mol. The molecule has 3 rings (SSSR count). The zero-order valence-electron chi connectivity index (χ0n) is 19.4. The monoisotopic (exact) mass is 473 g/mol. The van der Waals surface area contributed by atoms with Gasteiger partial charge < -0.3 is 4.57 Å². The number of hydrogen-bond acceptors (Lipinski definition) is 4. The van der Waals surface area contributed by atoms with Gasteiger partial charge >= 0.3 is 0 Å². The number of carbonyl (C=O) groups is 1. The number of nitrogens with zero attached hydrogens (tertiary/aromatic N) is 3. The quantitative estimate of drug-likeness (QED) is 0.468. The molecule has 0 bridgehead atoms. The fourth-order valence-corrected chi connectivity index (χ4v) is 6.58. The van der Waals surface area contributed by atoms with Crippen LogP contribution < -0.4 is 4.80 Å². The highest BCUT2D eigenvalue weighted by molar-refractivity contribution is 7.89. The zero-order chi connectivity index (χ0) is 23.5. The molecule has 1 heterocycles. The highest BCUT2D eigenvalue weighted by Crippen LogP contribution is 2.23. The third-order valence-electron chi connectivity index (χ3n) is 5.48. The van der Waals surface area contributed by atoms with E-state index >= 15 is 0 Å². The molecule has 0 unspecified atom stereocenters. The van der Waals surface area contributed by atoms with Crippen LogP contribution in [0.3, 0.4) is 0 Å². The first-order valence-corrected chi connectivity index (χ1v) is 13.3. The Kier molecular flexibility index (Phi) is 7.69. The third-order valence-corrected chi connectivity index (χ3v) is 8.49. The summed E-state index contributed by atoms with van der Waals surface area (Å²) in [6, 6.07) is 10.3. The van der Waals surface area contributed by atoms with E-state index in [2.05, 4.69) is 35.5 Å². The van der Waals surface area contributed by atoms with Crippen molar-refractivity contribution in [3.05, 3.63) is 57.9 Å². The van der Waals surface area contributed by atoms with Crippen molar-refractivity contribution in [2.45, 2.75) is 58.9 Å². The van der Waals surface area contributed by atoms with Crippen LogP contribution in [0.5, 0.6) is 0 Å². The van der Waals surface area contributed by atoms with E-state index in [1.54, 1.807) is 12.1 Å². The minimum absolute atomic E-state index is 0.198. The van der Waals surface area contributed by atoms with Crippen molar-refractivity contribution in [3.63, 3.8) is 0 Å². The van der Waals surface area contributed by atoms with E-state index in [9.17, 15) is 13.2 Å². The van der Waals surface area contributed by atoms with Crippen molar-refractivity contribution >= 4 is 37.5 Å². The molecule has 1 aromatic heterocycles. The Bertz CT molecular complexity index is 1290. The minimum Gasteiger partial charge on any atom is -0.316 e. The molecule has 0 aliphatic carbocycles. The van der Waals surface area contributed by atoms with Gasteiger partial charge in [-0.1, -0.05) is 37.7 Å². The Morgan fingerprint density at radius 1 is 1.09 bits per heavy atom. The molecular formula is C24H31N3O3S2. The number of carbonyl (C=O) groups excluding carboxylic acids is 1. The lowest BCUT2D eigenvalue weighted by Crippen LogP contribution is -2.31. The molecule has 0 spiro atoms. The van der Waals surface area contributed by atoms with Gasteiger partial charge in [-0.15, -0.1) is 0 Å². The van der Waals surface area contributed by atoms with Gasteiger partial charge in [0, 0.05) is 25.2 Å². The molecule has 1 amide bonds. The maximum atomic E-state index is 12.9. The van der Waals surface area contributed by atoms with Crippen molar-refractivity contribution in [3.8, 4) is 0 Å². The smallest absolute Gasteiger partial charge is 0.279 e. The molecule has 0 saturated carbocycles. The Labute approximate surface area is 194 Å². The normalized spacial score (nSPS) is 12.8. The van der Waals surface area contributed by atoms with Gasteiger partial charge in [0.15, 0.2) is 4.80 Å². The number of unbranched alkanes of at least 4 members (excludes halogenated alkanes) is 1. The highest BCUT2D eigenvalue weighted by atomic mass is 32.2. The van der Waals surface area contributed by atoms with Crippen LogP contribution in [0.15, 0.2) is 46.3 Å². The van der Waals surface area contributed by atoms with Gasteiger partial charge in [0.25, 0.3) is 5.91 Å². The number of rotatable bonds is 8. The van der Waals surface area contributed by atoms with E-state index in [0.717, 1.165) is 28.6 Å². The van der Waals surface area contributed by atoms with Crippen LogP contribution in [0.25, 0.3) is 10.2 Å². The van der Waals surface area contributed by atoms with Crippen LogP contribution in [-0.2, 0) is 16.6 Å². The number of fused-ring (bicyclic) bond motifs is 1. The summed E-state index contributed by atoms with van der Waals surface area (Å²) in [5, 5.41) is 0. The summed E-state index contributed by atoms with van der Waals surface area (Å²) >= 11 is 1.49. The van der Waals surface area contributed by atoms with Gasteiger partial charge in [-0.25, -0.2) is 8.42 Å². The molecule has 6 nitrogen and oxygen atoms in total. The molecule has 2 aromatic carbocycles. The first-order chi connectivity index (χ1) is 15.2. The van der Waals surface area contributed by atoms with Gasteiger partial charge in [-0.05, 0) is 68.7 Å². The topological polar surface area (TPSA) is 71.7 Å². The van der Waals surface area contributed by atoms with E-state index in [4.69, 9.17) is 0 Å². The summed E-state index contributed by atoms with van der Waals surface area (Å²) in [5.74, 6) is -0.379. The van der Waals surface area contributed by atoms with E-state index in [1.807, 2.05) is 20.8 Å². The third kappa shape index (κ3) is 4.87. The van der Waals surface area contributed by atoms with Gasteiger partial charge in [0.2, 0.25) is 10.0 Å². The summed E-state index contributed by atoms with van der Waals surface area (Å²) < 4.78 is 30.4. The van der Waals surface area contributed by atoms with Gasteiger partial charge in [-0.2, -0.15) is 9.30 Å². The lowest BCUT2D eigenvalue weighted by Gasteiger charge is -2.20. The Morgan fingerprint density at radius 2 is 1.78 bits per heavy atom. The number of aromatic nitrogens is 1. The first kappa shape index (κ1) is 24.4. The maximum Gasteiger partial charge on any atom is 0.279 e. The lowest BCUT2D eigenvalue weighted by molar-refractivity contribution is 0.0997. The van der Waals surface area contributed by atoms with E-state index < -0.39 is 10.0 Å². The zero-order valence-corrected chi connectivity index (χ0v) is 21.0. The summed E-state index contributed by atoms with van der Waals surface area (Å²) in [7, 11) is -3.57. The highest BCUT2D eigenvalue weighted by Gasteiger charge is 2.22. The molecule has 0 N–H and O–H groups in total. The van der Waals surface area contributed by atoms with Crippen LogP contribution in [0.1, 0.15) is 55.1 Å². The minimum atomic E-state index is -3.57. The second-order valence-electron chi connectivity index (χ2n) is 7.85. The summed E-state index contributed by atoms with van der Waals surface area (Å²) in [6.07, 6.45) is 1.74. The predicted octanol–water partition coefficient (Wildman–Crippen LogP) is 4.89. The van der Waals surface area contributed by atoms with Crippen molar-refractivity contribution in [1.82, 2.24) is 8.87 Å². The van der Waals surface area contributed by atoms with Crippen molar-refractivity contribution in [2.75, 3.05) is 13.1 Å². The molecule has 3 aromatic rings. The second kappa shape index (κ2) is 10.1. The van der Waals surface area contributed by atoms with E-state index in [0.29, 0.717) is 30.0 Å². The average molecular weight is 474 g/mol. The van der Waals surface area contributed by atoms with Gasteiger partial charge in [0.05, 0.1) is 15.1 Å². The van der Waals surface area contributed by atoms with Crippen LogP contribution in [0, 0.1) is 13.8 Å². The number of thiazole rings is 1. The Morgan fingerprint density at radius 3 is 2.38 bits per heavy atom. The van der Waals surface area contributed by atoms with Crippen LogP contribution in [-0.4, -0.2) is 36.3 Å². The fourth-order valence-electron chi connectivity index (χ4n) is 3.82. The summed E-state index contributed by atoms with van der Waals surface area (Å²) in [4.78, 5) is 18.1. The molecule has 172 valence electrons. The van der Waals surface area contributed by atoms with Gasteiger partial charge in [-0.3, -0.25) is 4.79 Å².